The molecule has 7 nitrogen and oxygen atoms in total. The van der Waals surface area contributed by atoms with E-state index in [1.807, 2.05) is 52.4 Å². The van der Waals surface area contributed by atoms with E-state index < -0.39 is 0 Å². The molecule has 32 heavy (non-hydrogen) atoms. The van der Waals surface area contributed by atoms with E-state index in [1.165, 1.54) is 28.7 Å². The van der Waals surface area contributed by atoms with Crippen molar-refractivity contribution in [1.82, 2.24) is 24.7 Å². The molecule has 9 heteroatoms. The molecule has 3 heterocycles. The van der Waals surface area contributed by atoms with Gasteiger partial charge >= 0.3 is 0 Å². The molecule has 0 atom stereocenters. The van der Waals surface area contributed by atoms with Gasteiger partial charge in [-0.25, -0.2) is 4.98 Å². The third-order valence-electron chi connectivity index (χ3n) is 4.98. The van der Waals surface area contributed by atoms with Crippen LogP contribution in [-0.4, -0.2) is 31.8 Å². The number of para-hydroxylation sites is 1. The van der Waals surface area contributed by atoms with E-state index in [9.17, 15) is 4.79 Å². The molecule has 160 valence electrons. The summed E-state index contributed by atoms with van der Waals surface area (Å²) in [6.07, 6.45) is 0. The van der Waals surface area contributed by atoms with Crippen LogP contribution in [0.3, 0.4) is 0 Å². The first-order valence-electron chi connectivity index (χ1n) is 9.89. The molecule has 5 aromatic rings. The first-order chi connectivity index (χ1) is 15.6. The van der Waals surface area contributed by atoms with E-state index in [-0.39, 0.29) is 5.56 Å². The van der Waals surface area contributed by atoms with Crippen molar-refractivity contribution in [3.8, 4) is 22.8 Å². The normalized spacial score (nSPS) is 11.2. The van der Waals surface area contributed by atoms with Gasteiger partial charge in [0, 0.05) is 5.69 Å². The van der Waals surface area contributed by atoms with Gasteiger partial charge in [-0.15, -0.1) is 21.5 Å². The minimum Gasteiger partial charge on any atom is -0.496 e. The van der Waals surface area contributed by atoms with Crippen molar-refractivity contribution >= 4 is 33.3 Å². The molecular formula is C23H19N5O2S2. The zero-order valence-corrected chi connectivity index (χ0v) is 19.0. The van der Waals surface area contributed by atoms with Crippen LogP contribution < -0.4 is 10.3 Å². The summed E-state index contributed by atoms with van der Waals surface area (Å²) < 4.78 is 8.20. The number of hydrogen-bond donors (Lipinski definition) is 1. The Morgan fingerprint density at radius 2 is 1.91 bits per heavy atom. The molecule has 0 saturated heterocycles. The number of ether oxygens (including phenoxy) is 1. The molecule has 0 bridgehead atoms. The second kappa shape index (κ2) is 8.60. The molecule has 2 aromatic carbocycles. The highest BCUT2D eigenvalue weighted by atomic mass is 32.2. The van der Waals surface area contributed by atoms with Gasteiger partial charge in [-0.2, -0.15) is 0 Å². The average molecular weight is 462 g/mol. The predicted octanol–water partition coefficient (Wildman–Crippen LogP) is 4.84. The van der Waals surface area contributed by atoms with Crippen molar-refractivity contribution in [2.75, 3.05) is 7.11 Å². The van der Waals surface area contributed by atoms with Crippen LogP contribution in [0.4, 0.5) is 0 Å². The Kier molecular flexibility index (Phi) is 5.50. The van der Waals surface area contributed by atoms with Gasteiger partial charge in [0.25, 0.3) is 5.56 Å². The quantitative estimate of drug-likeness (QED) is 0.364. The number of aromatic nitrogens is 5. The molecule has 0 aliphatic heterocycles. The Labute approximate surface area is 192 Å². The number of rotatable bonds is 6. The highest BCUT2D eigenvalue weighted by Gasteiger charge is 2.19. The number of thioether (sulfide) groups is 1. The number of hydrogen-bond acceptors (Lipinski definition) is 7. The number of H-pyrrole nitrogens is 1. The maximum atomic E-state index is 12.3. The van der Waals surface area contributed by atoms with Gasteiger partial charge in [-0.3, -0.25) is 9.36 Å². The minimum atomic E-state index is -0.115. The van der Waals surface area contributed by atoms with Gasteiger partial charge < -0.3 is 9.72 Å². The Balaban J connectivity index is 1.56. The summed E-state index contributed by atoms with van der Waals surface area (Å²) >= 11 is 2.86. The maximum Gasteiger partial charge on any atom is 0.268 e. The lowest BCUT2D eigenvalue weighted by atomic mass is 10.1. The van der Waals surface area contributed by atoms with Crippen LogP contribution in [0.1, 0.15) is 11.4 Å². The van der Waals surface area contributed by atoms with Crippen LogP contribution in [-0.2, 0) is 5.75 Å². The molecule has 0 aliphatic rings. The molecule has 0 radical (unpaired) electrons. The Hall–Kier alpha value is -3.43. The fraction of sp³-hybridized carbons (Fsp3) is 0.130. The highest BCUT2D eigenvalue weighted by Crippen LogP contribution is 2.34. The van der Waals surface area contributed by atoms with Gasteiger partial charge in [0.2, 0.25) is 0 Å². The van der Waals surface area contributed by atoms with E-state index in [0.717, 1.165) is 17.0 Å². The van der Waals surface area contributed by atoms with E-state index in [4.69, 9.17) is 4.74 Å². The topological polar surface area (TPSA) is 85.7 Å². The number of nitrogens with one attached hydrogen (secondary N) is 1. The first-order valence-corrected chi connectivity index (χ1v) is 11.8. The summed E-state index contributed by atoms with van der Waals surface area (Å²) in [5.41, 5.74) is 3.56. The zero-order valence-electron chi connectivity index (χ0n) is 17.4. The third kappa shape index (κ3) is 3.80. The summed E-state index contributed by atoms with van der Waals surface area (Å²) in [7, 11) is 1.64. The number of methoxy groups -OCH3 is 1. The van der Waals surface area contributed by atoms with Crippen LogP contribution in [0.25, 0.3) is 27.3 Å². The number of benzene rings is 2. The number of fused-ring (bicyclic) bond motifs is 1. The molecule has 0 aliphatic carbocycles. The van der Waals surface area contributed by atoms with Gasteiger partial charge in [-0.1, -0.05) is 41.6 Å². The standard InChI is InChI=1S/C23H19N5O2S2/c1-14-7-9-15(10-8-14)28-21(16-5-3-4-6-18(16)30-2)26-27-23(28)32-13-19-24-17-11-12-31-20(17)22(29)25-19/h3-12H,13H2,1-2H3,(H,24,25,29). The number of thiophene rings is 1. The second-order valence-electron chi connectivity index (χ2n) is 7.11. The number of nitrogens with zero attached hydrogens (tertiary/aromatic N) is 4. The van der Waals surface area contributed by atoms with Crippen molar-refractivity contribution in [3.05, 3.63) is 81.7 Å². The van der Waals surface area contributed by atoms with E-state index >= 15 is 0 Å². The van der Waals surface area contributed by atoms with Gasteiger partial charge in [-0.05, 0) is 42.6 Å². The summed E-state index contributed by atoms with van der Waals surface area (Å²) in [5, 5.41) is 11.5. The highest BCUT2D eigenvalue weighted by molar-refractivity contribution is 7.98. The molecular weight excluding hydrogens is 442 g/mol. The Morgan fingerprint density at radius 1 is 1.09 bits per heavy atom. The first kappa shape index (κ1) is 20.5. The lowest BCUT2D eigenvalue weighted by Crippen LogP contribution is -2.09. The van der Waals surface area contributed by atoms with Crippen molar-refractivity contribution in [2.45, 2.75) is 17.8 Å². The fourth-order valence-electron chi connectivity index (χ4n) is 3.42. The molecule has 0 saturated carbocycles. The molecule has 0 spiro atoms. The lowest BCUT2D eigenvalue weighted by Gasteiger charge is -2.12. The lowest BCUT2D eigenvalue weighted by molar-refractivity contribution is 0.416. The van der Waals surface area contributed by atoms with Crippen LogP contribution in [0, 0.1) is 6.92 Å². The number of aryl methyl sites for hydroxylation is 1. The molecule has 3 aromatic heterocycles. The van der Waals surface area contributed by atoms with Gasteiger partial charge in [0.05, 0.1) is 23.9 Å². The Bertz CT molecular complexity index is 1450. The van der Waals surface area contributed by atoms with Crippen LogP contribution in [0.5, 0.6) is 5.75 Å². The van der Waals surface area contributed by atoms with E-state index in [0.29, 0.717) is 32.8 Å². The van der Waals surface area contributed by atoms with E-state index in [2.05, 4.69) is 39.2 Å². The number of aromatic amines is 1. The largest absolute Gasteiger partial charge is 0.496 e. The van der Waals surface area contributed by atoms with E-state index in [1.54, 1.807) is 7.11 Å². The fourth-order valence-corrected chi connectivity index (χ4v) is 4.96. The van der Waals surface area contributed by atoms with Crippen LogP contribution in [0.15, 0.2) is 69.9 Å². The average Bonchev–Trinajstić information content (AvgIpc) is 3.45. The smallest absolute Gasteiger partial charge is 0.268 e. The van der Waals surface area contributed by atoms with Crippen molar-refractivity contribution in [2.24, 2.45) is 0 Å². The SMILES string of the molecule is COc1ccccc1-c1nnc(SCc2nc3ccsc3c(=O)[nH]2)n1-c1ccc(C)cc1. The van der Waals surface area contributed by atoms with Crippen molar-refractivity contribution in [1.29, 1.82) is 0 Å². The Morgan fingerprint density at radius 3 is 2.72 bits per heavy atom. The minimum absolute atomic E-state index is 0.115. The third-order valence-corrected chi connectivity index (χ3v) is 6.82. The van der Waals surface area contributed by atoms with Gasteiger partial charge in [0.1, 0.15) is 16.3 Å². The molecule has 0 fully saturated rings. The molecule has 0 amide bonds. The summed E-state index contributed by atoms with van der Waals surface area (Å²) in [5.74, 6) is 2.46. The summed E-state index contributed by atoms with van der Waals surface area (Å²) in [6.45, 7) is 2.05. The van der Waals surface area contributed by atoms with Gasteiger partial charge in [0.15, 0.2) is 11.0 Å². The second-order valence-corrected chi connectivity index (χ2v) is 8.97. The summed E-state index contributed by atoms with van der Waals surface area (Å²) in [4.78, 5) is 19.8. The monoisotopic (exact) mass is 461 g/mol. The van der Waals surface area contributed by atoms with Crippen molar-refractivity contribution < 1.29 is 4.74 Å². The summed E-state index contributed by atoms with van der Waals surface area (Å²) in [6, 6.07) is 17.8. The van der Waals surface area contributed by atoms with Crippen LogP contribution in [0.2, 0.25) is 0 Å². The molecule has 5 rings (SSSR count). The maximum absolute atomic E-state index is 12.3. The van der Waals surface area contributed by atoms with Crippen molar-refractivity contribution in [3.63, 3.8) is 0 Å². The zero-order chi connectivity index (χ0) is 22.1. The predicted molar refractivity (Wildman–Crippen MR) is 128 cm³/mol. The van der Waals surface area contributed by atoms with Crippen LogP contribution >= 0.6 is 23.1 Å². The molecule has 1 N–H and O–H groups in total. The molecule has 0 unspecified atom stereocenters.